The van der Waals surface area contributed by atoms with Crippen molar-refractivity contribution in [3.63, 3.8) is 0 Å². The largest absolute Gasteiger partial charge is 0.496 e. The summed E-state index contributed by atoms with van der Waals surface area (Å²) in [6.45, 7) is 5.57. The van der Waals surface area contributed by atoms with Gasteiger partial charge in [0.05, 0.1) is 13.7 Å². The van der Waals surface area contributed by atoms with E-state index in [9.17, 15) is 9.90 Å². The van der Waals surface area contributed by atoms with Crippen LogP contribution in [-0.4, -0.2) is 18.8 Å². The molecular weight excluding hydrogens is 244 g/mol. The molecule has 0 bridgehead atoms. The summed E-state index contributed by atoms with van der Waals surface area (Å²) in [6, 6.07) is 6.67. The standard InChI is InChI=1S/C15H16O4/c1-9(2)11(8-16)14-12(18-3)6-4-10-5-7-13(17)19-15(10)14/h4-7,11,16H,1,8H2,2-3H3/t11-/m0/s1. The van der Waals surface area contributed by atoms with Gasteiger partial charge in [-0.2, -0.15) is 0 Å². The third-order valence-corrected chi connectivity index (χ3v) is 3.13. The molecule has 1 heterocycles. The maximum atomic E-state index is 11.4. The van der Waals surface area contributed by atoms with Gasteiger partial charge in [0.1, 0.15) is 11.3 Å². The van der Waals surface area contributed by atoms with E-state index in [1.807, 2.05) is 13.0 Å². The molecule has 0 saturated heterocycles. The highest BCUT2D eigenvalue weighted by Gasteiger charge is 2.21. The van der Waals surface area contributed by atoms with Crippen LogP contribution in [-0.2, 0) is 0 Å². The molecule has 1 N–H and O–H groups in total. The molecule has 4 heteroatoms. The van der Waals surface area contributed by atoms with E-state index in [0.29, 0.717) is 16.9 Å². The third-order valence-electron chi connectivity index (χ3n) is 3.13. The highest BCUT2D eigenvalue weighted by molar-refractivity contribution is 5.83. The molecule has 0 fully saturated rings. The second-order valence-electron chi connectivity index (χ2n) is 4.44. The Morgan fingerprint density at radius 1 is 1.42 bits per heavy atom. The number of aliphatic hydroxyl groups is 1. The summed E-state index contributed by atoms with van der Waals surface area (Å²) in [5.74, 6) is 0.244. The number of rotatable bonds is 4. The van der Waals surface area contributed by atoms with Crippen molar-refractivity contribution in [1.29, 1.82) is 0 Å². The van der Waals surface area contributed by atoms with Crippen molar-refractivity contribution in [1.82, 2.24) is 0 Å². The molecule has 0 amide bonds. The number of aliphatic hydroxyl groups excluding tert-OH is 1. The fraction of sp³-hybridized carbons (Fsp3) is 0.267. The Bertz CT molecular complexity index is 669. The number of fused-ring (bicyclic) bond motifs is 1. The van der Waals surface area contributed by atoms with E-state index in [0.717, 1.165) is 11.0 Å². The molecule has 4 nitrogen and oxygen atoms in total. The Morgan fingerprint density at radius 3 is 2.68 bits per heavy atom. The molecule has 19 heavy (non-hydrogen) atoms. The van der Waals surface area contributed by atoms with Gasteiger partial charge in [-0.25, -0.2) is 4.79 Å². The van der Waals surface area contributed by atoms with Crippen molar-refractivity contribution in [3.8, 4) is 5.75 Å². The van der Waals surface area contributed by atoms with Crippen LogP contribution in [0.5, 0.6) is 5.75 Å². The first-order valence-electron chi connectivity index (χ1n) is 5.95. The van der Waals surface area contributed by atoms with E-state index in [1.165, 1.54) is 6.07 Å². The highest BCUT2D eigenvalue weighted by atomic mass is 16.5. The van der Waals surface area contributed by atoms with E-state index in [2.05, 4.69) is 6.58 Å². The van der Waals surface area contributed by atoms with Crippen molar-refractivity contribution in [2.45, 2.75) is 12.8 Å². The topological polar surface area (TPSA) is 59.7 Å². The summed E-state index contributed by atoms with van der Waals surface area (Å²) < 4.78 is 10.6. The zero-order valence-corrected chi connectivity index (χ0v) is 11.0. The van der Waals surface area contributed by atoms with E-state index >= 15 is 0 Å². The van der Waals surface area contributed by atoms with Crippen LogP contribution in [0.4, 0.5) is 0 Å². The lowest BCUT2D eigenvalue weighted by molar-refractivity contribution is 0.275. The maximum absolute atomic E-state index is 11.4. The summed E-state index contributed by atoms with van der Waals surface area (Å²) in [5, 5.41) is 10.3. The normalized spacial score (nSPS) is 12.4. The van der Waals surface area contributed by atoms with Gasteiger partial charge in [0.15, 0.2) is 0 Å². The summed E-state index contributed by atoms with van der Waals surface area (Å²) in [6.07, 6.45) is 0. The minimum atomic E-state index is -0.430. The van der Waals surface area contributed by atoms with E-state index in [-0.39, 0.29) is 12.5 Å². The van der Waals surface area contributed by atoms with Crippen molar-refractivity contribution in [2.75, 3.05) is 13.7 Å². The molecule has 0 aliphatic heterocycles. The van der Waals surface area contributed by atoms with Crippen LogP contribution in [0.15, 0.2) is 45.6 Å². The van der Waals surface area contributed by atoms with Gasteiger partial charge in [-0.05, 0) is 25.1 Å². The predicted molar refractivity (Wildman–Crippen MR) is 73.7 cm³/mol. The molecule has 2 aromatic rings. The lowest BCUT2D eigenvalue weighted by atomic mass is 9.91. The number of benzene rings is 1. The fourth-order valence-corrected chi connectivity index (χ4v) is 2.14. The van der Waals surface area contributed by atoms with E-state index < -0.39 is 5.63 Å². The second-order valence-corrected chi connectivity index (χ2v) is 4.44. The molecular formula is C15H16O4. The van der Waals surface area contributed by atoms with Gasteiger partial charge in [-0.3, -0.25) is 0 Å². The molecule has 100 valence electrons. The average Bonchev–Trinajstić information content (AvgIpc) is 2.39. The smallest absolute Gasteiger partial charge is 0.336 e. The Kier molecular flexibility index (Phi) is 3.71. The molecule has 1 aromatic carbocycles. The number of ether oxygens (including phenoxy) is 1. The quantitative estimate of drug-likeness (QED) is 0.677. The molecule has 0 spiro atoms. The first-order valence-corrected chi connectivity index (χ1v) is 5.95. The minimum absolute atomic E-state index is 0.122. The molecule has 0 saturated carbocycles. The Morgan fingerprint density at radius 2 is 2.11 bits per heavy atom. The van der Waals surface area contributed by atoms with Crippen molar-refractivity contribution >= 4 is 11.0 Å². The van der Waals surface area contributed by atoms with Gasteiger partial charge in [0.2, 0.25) is 0 Å². The predicted octanol–water partition coefficient (Wildman–Crippen LogP) is 2.45. The number of hydrogen-bond acceptors (Lipinski definition) is 4. The molecule has 2 rings (SSSR count). The van der Waals surface area contributed by atoms with Crippen LogP contribution in [0.2, 0.25) is 0 Å². The first kappa shape index (κ1) is 13.4. The van der Waals surface area contributed by atoms with E-state index in [4.69, 9.17) is 9.15 Å². The van der Waals surface area contributed by atoms with Crippen molar-refractivity contribution in [2.24, 2.45) is 0 Å². The fourth-order valence-electron chi connectivity index (χ4n) is 2.14. The van der Waals surface area contributed by atoms with Gasteiger partial charge in [-0.1, -0.05) is 12.2 Å². The first-order chi connectivity index (χ1) is 9.08. The molecule has 0 aliphatic carbocycles. The summed E-state index contributed by atoms with van der Waals surface area (Å²) in [4.78, 5) is 11.4. The van der Waals surface area contributed by atoms with Gasteiger partial charge in [-0.15, -0.1) is 0 Å². The average molecular weight is 260 g/mol. The lowest BCUT2D eigenvalue weighted by Gasteiger charge is -2.19. The Balaban J connectivity index is 2.83. The Labute approximate surface area is 110 Å². The molecule has 1 atom stereocenters. The van der Waals surface area contributed by atoms with Crippen LogP contribution in [0.3, 0.4) is 0 Å². The Hall–Kier alpha value is -2.07. The SMILES string of the molecule is C=C(C)[C@H](CO)c1c(OC)ccc2ccc(=O)oc12. The van der Waals surface area contributed by atoms with Crippen molar-refractivity contribution < 1.29 is 14.3 Å². The van der Waals surface area contributed by atoms with Crippen LogP contribution >= 0.6 is 0 Å². The summed E-state index contributed by atoms with van der Waals surface area (Å²) in [5.41, 5.74) is 1.45. The van der Waals surface area contributed by atoms with Gasteiger partial charge < -0.3 is 14.3 Å². The number of methoxy groups -OCH3 is 1. The maximum Gasteiger partial charge on any atom is 0.336 e. The lowest BCUT2D eigenvalue weighted by Crippen LogP contribution is -2.09. The van der Waals surface area contributed by atoms with Gasteiger partial charge in [0, 0.05) is 22.9 Å². The van der Waals surface area contributed by atoms with Gasteiger partial charge >= 0.3 is 5.63 Å². The third kappa shape index (κ3) is 2.39. The zero-order chi connectivity index (χ0) is 14.0. The van der Waals surface area contributed by atoms with Crippen LogP contribution in [0.1, 0.15) is 18.4 Å². The molecule has 1 aromatic heterocycles. The monoisotopic (exact) mass is 260 g/mol. The summed E-state index contributed by atoms with van der Waals surface area (Å²) >= 11 is 0. The minimum Gasteiger partial charge on any atom is -0.496 e. The van der Waals surface area contributed by atoms with Crippen LogP contribution < -0.4 is 10.4 Å². The van der Waals surface area contributed by atoms with Crippen LogP contribution in [0.25, 0.3) is 11.0 Å². The number of hydrogen-bond donors (Lipinski definition) is 1. The molecule has 0 aliphatic rings. The van der Waals surface area contributed by atoms with Crippen molar-refractivity contribution in [3.05, 3.63) is 52.4 Å². The molecule has 0 unspecified atom stereocenters. The van der Waals surface area contributed by atoms with Crippen LogP contribution in [0, 0.1) is 0 Å². The molecule has 0 radical (unpaired) electrons. The summed E-state index contributed by atoms with van der Waals surface area (Å²) in [7, 11) is 1.54. The second kappa shape index (κ2) is 5.28. The van der Waals surface area contributed by atoms with E-state index in [1.54, 1.807) is 19.2 Å². The zero-order valence-electron chi connectivity index (χ0n) is 11.0. The van der Waals surface area contributed by atoms with Gasteiger partial charge in [0.25, 0.3) is 0 Å². The highest BCUT2D eigenvalue weighted by Crippen LogP contribution is 2.36.